The van der Waals surface area contributed by atoms with Gasteiger partial charge in [0.25, 0.3) is 17.6 Å². The number of amides is 2. The Labute approximate surface area is 207 Å². The Morgan fingerprint density at radius 1 is 1.30 bits per heavy atom. The van der Waals surface area contributed by atoms with Gasteiger partial charge in [-0.25, -0.2) is 13.2 Å². The molecule has 5 rings (SSSR count). The second-order valence-electron chi connectivity index (χ2n) is 9.05. The fraction of sp³-hybridized carbons (Fsp3) is 0.333. The predicted octanol–water partition coefficient (Wildman–Crippen LogP) is 2.40. The van der Waals surface area contributed by atoms with Crippen LogP contribution in [0.3, 0.4) is 0 Å². The minimum Gasteiger partial charge on any atom is -0.340 e. The predicted molar refractivity (Wildman–Crippen MR) is 122 cm³/mol. The number of nitriles is 1. The maximum Gasteiger partial charge on any atom is 0.293 e. The highest BCUT2D eigenvalue weighted by Gasteiger charge is 2.60. The summed E-state index contributed by atoms with van der Waals surface area (Å²) in [6.45, 7) is 1.93. The molecule has 1 saturated carbocycles. The first kappa shape index (κ1) is 24.2. The van der Waals surface area contributed by atoms with Gasteiger partial charge in [-0.15, -0.1) is 5.10 Å². The van der Waals surface area contributed by atoms with Gasteiger partial charge in [0, 0.05) is 30.5 Å². The van der Waals surface area contributed by atoms with Crippen molar-refractivity contribution in [3.05, 3.63) is 64.0 Å². The van der Waals surface area contributed by atoms with Crippen LogP contribution in [0.4, 0.5) is 18.9 Å². The van der Waals surface area contributed by atoms with E-state index < -0.39 is 47.7 Å². The molecular formula is C24H20F3N7O3. The van der Waals surface area contributed by atoms with Crippen LogP contribution in [0, 0.1) is 24.1 Å². The van der Waals surface area contributed by atoms with Crippen LogP contribution in [0.1, 0.15) is 56.2 Å². The van der Waals surface area contributed by atoms with Gasteiger partial charge in [0.1, 0.15) is 35.0 Å². The van der Waals surface area contributed by atoms with Gasteiger partial charge in [0.2, 0.25) is 0 Å². The lowest BCUT2D eigenvalue weighted by atomic mass is 9.71. The van der Waals surface area contributed by atoms with E-state index in [1.54, 1.807) is 10.6 Å². The number of hydrogen-bond donors (Lipinski definition) is 3. The number of benzene rings is 1. The number of fused-ring (bicyclic) bond motifs is 1. The number of aromatic nitrogens is 4. The Morgan fingerprint density at radius 3 is 2.73 bits per heavy atom. The molecular weight excluding hydrogens is 491 g/mol. The van der Waals surface area contributed by atoms with Crippen molar-refractivity contribution in [2.75, 3.05) is 5.32 Å². The minimum absolute atomic E-state index is 0.0128. The Bertz CT molecular complexity index is 1480. The third-order valence-corrected chi connectivity index (χ3v) is 6.92. The lowest BCUT2D eigenvalue weighted by Crippen LogP contribution is -2.66. The lowest BCUT2D eigenvalue weighted by Gasteiger charge is -2.46. The third kappa shape index (κ3) is 3.76. The average Bonchev–Trinajstić information content (AvgIpc) is 3.62. The van der Waals surface area contributed by atoms with E-state index in [9.17, 15) is 27.6 Å². The molecule has 3 aromatic rings. The molecule has 1 fully saturated rings. The van der Waals surface area contributed by atoms with Gasteiger partial charge in [-0.3, -0.25) is 19.5 Å². The molecule has 0 bridgehead atoms. The first-order valence-corrected chi connectivity index (χ1v) is 11.4. The van der Waals surface area contributed by atoms with Gasteiger partial charge < -0.3 is 15.2 Å². The molecule has 2 amide bonds. The number of nitrogens with one attached hydrogen (secondary N) is 3. The van der Waals surface area contributed by atoms with Crippen molar-refractivity contribution in [3.63, 3.8) is 0 Å². The van der Waals surface area contributed by atoms with E-state index in [0.29, 0.717) is 25.1 Å². The van der Waals surface area contributed by atoms with Crippen molar-refractivity contribution in [3.8, 4) is 6.07 Å². The highest BCUT2D eigenvalue weighted by Crippen LogP contribution is 2.45. The van der Waals surface area contributed by atoms with E-state index in [2.05, 4.69) is 26.0 Å². The number of H-pyrrole nitrogens is 1. The number of halogens is 3. The highest BCUT2D eigenvalue weighted by atomic mass is 19.2. The Kier molecular flexibility index (Phi) is 5.82. The van der Waals surface area contributed by atoms with Gasteiger partial charge in [-0.05, 0) is 43.5 Å². The summed E-state index contributed by atoms with van der Waals surface area (Å²) in [7, 11) is 0. The van der Waals surface area contributed by atoms with Gasteiger partial charge in [-0.1, -0.05) is 5.21 Å². The summed E-state index contributed by atoms with van der Waals surface area (Å²) in [5.41, 5.74) is -1.09. The zero-order chi connectivity index (χ0) is 26.5. The molecule has 1 aromatic carbocycles. The first-order valence-electron chi connectivity index (χ1n) is 11.4. The summed E-state index contributed by atoms with van der Waals surface area (Å²) >= 11 is 0. The van der Waals surface area contributed by atoms with Crippen LogP contribution in [-0.2, 0) is 23.3 Å². The summed E-state index contributed by atoms with van der Waals surface area (Å²) in [6, 6.07) is 5.23. The van der Waals surface area contributed by atoms with Crippen molar-refractivity contribution in [2.24, 2.45) is 0 Å². The quantitative estimate of drug-likeness (QED) is 0.342. The van der Waals surface area contributed by atoms with Crippen molar-refractivity contribution in [1.29, 1.82) is 5.26 Å². The largest absolute Gasteiger partial charge is 0.340 e. The number of carbonyl (C=O) groups excluding carboxylic acids is 3. The van der Waals surface area contributed by atoms with E-state index in [0.717, 1.165) is 6.07 Å². The van der Waals surface area contributed by atoms with Crippen molar-refractivity contribution in [1.82, 2.24) is 25.3 Å². The summed E-state index contributed by atoms with van der Waals surface area (Å²) in [5.74, 6) is -3.50. The normalized spacial score (nSPS) is 22.0. The Morgan fingerprint density at radius 2 is 2.08 bits per heavy atom. The number of Topliss-reactive ketones (excluding diaryl/α,β-unsaturated/α-hetero) is 1. The molecule has 0 spiro atoms. The third-order valence-electron chi connectivity index (χ3n) is 6.92. The summed E-state index contributed by atoms with van der Waals surface area (Å²) in [5, 5.41) is 23.5. The number of nitrogens with zero attached hydrogens (tertiary/aromatic N) is 4. The standard InChI is InChI=1S/C24H20F3N7O3/c1-11-18(20(35)23(37)31-24(8-15(26)21(24)27)17-10-29-33-32-17)16-3-2-6-34(16)19(11)22(36)30-13-4-5-14(25)12(7-13)9-28/h4-5,7,10,15,21H,2-3,6,8H2,1H3,(H,30,36)(H,31,37)(H,29,32,33). The van der Waals surface area contributed by atoms with Gasteiger partial charge >= 0.3 is 0 Å². The number of alkyl halides is 2. The lowest BCUT2D eigenvalue weighted by molar-refractivity contribution is -0.126. The second kappa shape index (κ2) is 8.88. The maximum atomic E-state index is 14.6. The molecule has 13 heteroatoms. The molecule has 3 atom stereocenters. The number of anilines is 1. The molecule has 0 radical (unpaired) electrons. The molecule has 2 aromatic heterocycles. The van der Waals surface area contributed by atoms with Gasteiger partial charge in [-0.2, -0.15) is 5.26 Å². The summed E-state index contributed by atoms with van der Waals surface area (Å²) < 4.78 is 43.7. The Hall–Kier alpha value is -4.47. The van der Waals surface area contributed by atoms with Crippen molar-refractivity contribution >= 4 is 23.3 Å². The zero-order valence-electron chi connectivity index (χ0n) is 19.4. The first-order chi connectivity index (χ1) is 17.7. The molecule has 3 unspecified atom stereocenters. The molecule has 2 aliphatic rings. The molecule has 3 N–H and O–H groups in total. The minimum atomic E-state index is -2.12. The number of rotatable bonds is 6. The smallest absolute Gasteiger partial charge is 0.293 e. The average molecular weight is 511 g/mol. The van der Waals surface area contributed by atoms with Crippen LogP contribution in [0.2, 0.25) is 0 Å². The number of ketones is 1. The second-order valence-corrected chi connectivity index (χ2v) is 9.05. The van der Waals surface area contributed by atoms with Crippen LogP contribution < -0.4 is 10.6 Å². The fourth-order valence-corrected chi connectivity index (χ4v) is 5.09. The topological polar surface area (TPSA) is 146 Å². The molecule has 3 heterocycles. The number of aromatic amines is 1. The van der Waals surface area contributed by atoms with Gasteiger partial charge in [0.05, 0.1) is 11.1 Å². The molecule has 0 saturated heterocycles. The molecule has 1 aliphatic carbocycles. The maximum absolute atomic E-state index is 14.6. The fourth-order valence-electron chi connectivity index (χ4n) is 5.09. The van der Waals surface area contributed by atoms with Crippen molar-refractivity contribution in [2.45, 2.75) is 50.6 Å². The molecule has 1 aliphatic heterocycles. The van der Waals surface area contributed by atoms with Crippen LogP contribution in [0.15, 0.2) is 24.4 Å². The van der Waals surface area contributed by atoms with E-state index in [1.807, 2.05) is 0 Å². The monoisotopic (exact) mass is 511 g/mol. The van der Waals surface area contributed by atoms with Crippen LogP contribution in [-0.4, -0.2) is 49.9 Å². The highest BCUT2D eigenvalue weighted by molar-refractivity contribution is 6.44. The van der Waals surface area contributed by atoms with E-state index in [-0.39, 0.29) is 33.8 Å². The molecule has 10 nitrogen and oxygen atoms in total. The Balaban J connectivity index is 1.44. The van der Waals surface area contributed by atoms with Crippen molar-refractivity contribution < 1.29 is 27.6 Å². The number of carbonyl (C=O) groups is 3. The zero-order valence-corrected chi connectivity index (χ0v) is 19.4. The van der Waals surface area contributed by atoms with Crippen LogP contribution in [0.25, 0.3) is 0 Å². The molecule has 190 valence electrons. The van der Waals surface area contributed by atoms with Crippen LogP contribution in [0.5, 0.6) is 0 Å². The van der Waals surface area contributed by atoms with E-state index in [4.69, 9.17) is 5.26 Å². The van der Waals surface area contributed by atoms with E-state index >= 15 is 0 Å². The molecule has 37 heavy (non-hydrogen) atoms. The van der Waals surface area contributed by atoms with Gasteiger partial charge in [0.15, 0.2) is 6.17 Å². The SMILES string of the molecule is Cc1c(C(=O)C(=O)NC2(c3c[nH]nn3)CC(F)C2F)c2n(c1C(=O)Nc1ccc(F)c(C#N)c1)CCC2. The summed E-state index contributed by atoms with van der Waals surface area (Å²) in [4.78, 5) is 39.5. The summed E-state index contributed by atoms with van der Waals surface area (Å²) in [6.07, 6.45) is -2.11. The van der Waals surface area contributed by atoms with E-state index in [1.165, 1.54) is 25.3 Å². The van der Waals surface area contributed by atoms with Crippen LogP contribution >= 0.6 is 0 Å². The number of hydrogen-bond acceptors (Lipinski definition) is 6.